The molecule has 0 radical (unpaired) electrons. The van der Waals surface area contributed by atoms with Crippen LogP contribution in [-0.2, 0) is 4.74 Å². The zero-order valence-electron chi connectivity index (χ0n) is 5.37. The molecule has 2 rings (SSSR count). The summed E-state index contributed by atoms with van der Waals surface area (Å²) in [4.78, 5) is 0. The van der Waals surface area contributed by atoms with E-state index in [9.17, 15) is 0 Å². The summed E-state index contributed by atoms with van der Waals surface area (Å²) < 4.78 is 4.98. The maximum Gasteiger partial charge on any atom is 0.0980 e. The molecule has 10 heavy (non-hydrogen) atoms. The number of nitrogens with one attached hydrogen (secondary N) is 1. The van der Waals surface area contributed by atoms with Gasteiger partial charge in [0.2, 0.25) is 0 Å². The van der Waals surface area contributed by atoms with Gasteiger partial charge in [0, 0.05) is 23.5 Å². The van der Waals surface area contributed by atoms with Gasteiger partial charge in [0.05, 0.1) is 12.5 Å². The Hall–Kier alpha value is -1.44. The number of allylic oxidation sites excluding steroid dienone is 4. The number of hydrogen-bond acceptors (Lipinski definition) is 2. The van der Waals surface area contributed by atoms with Crippen LogP contribution in [0.1, 0.15) is 0 Å². The van der Waals surface area contributed by atoms with Crippen LogP contribution >= 0.6 is 0 Å². The molecule has 0 fully saturated rings. The van der Waals surface area contributed by atoms with E-state index in [1.54, 1.807) is 12.5 Å². The predicted octanol–water partition coefficient (Wildman–Crippen LogP) is 1.41. The first-order chi connectivity index (χ1) is 4.97. The molecule has 0 atom stereocenters. The van der Waals surface area contributed by atoms with Gasteiger partial charge in [0.1, 0.15) is 0 Å². The van der Waals surface area contributed by atoms with Crippen molar-refractivity contribution < 1.29 is 4.74 Å². The maximum atomic E-state index is 4.98. The minimum absolute atomic E-state index is 1.11. The lowest BCUT2D eigenvalue weighted by Crippen LogP contribution is -2.03. The Labute approximate surface area is 59.2 Å². The van der Waals surface area contributed by atoms with E-state index in [-0.39, 0.29) is 0 Å². The molecule has 0 unspecified atom stereocenters. The van der Waals surface area contributed by atoms with Gasteiger partial charge < -0.3 is 10.1 Å². The van der Waals surface area contributed by atoms with E-state index in [1.807, 2.05) is 24.6 Å². The van der Waals surface area contributed by atoms with Crippen molar-refractivity contribution in [2.45, 2.75) is 0 Å². The van der Waals surface area contributed by atoms with Gasteiger partial charge in [0.25, 0.3) is 0 Å². The molecule has 2 heterocycles. The van der Waals surface area contributed by atoms with Gasteiger partial charge in [-0.25, -0.2) is 0 Å². The van der Waals surface area contributed by atoms with Crippen LogP contribution in [0.5, 0.6) is 0 Å². The van der Waals surface area contributed by atoms with Crippen LogP contribution in [0.2, 0.25) is 0 Å². The molecule has 2 aliphatic heterocycles. The highest BCUT2D eigenvalue weighted by Gasteiger charge is 2.04. The van der Waals surface area contributed by atoms with Crippen LogP contribution in [0.4, 0.5) is 0 Å². The largest absolute Gasteiger partial charge is 0.472 e. The van der Waals surface area contributed by atoms with Gasteiger partial charge in [-0.2, -0.15) is 0 Å². The molecule has 0 spiro atoms. The minimum Gasteiger partial charge on any atom is -0.472 e. The predicted molar refractivity (Wildman–Crippen MR) is 38.7 cm³/mol. The highest BCUT2D eigenvalue weighted by Crippen LogP contribution is 2.18. The third-order valence-corrected chi connectivity index (χ3v) is 1.45. The fourth-order valence-electron chi connectivity index (χ4n) is 0.932. The van der Waals surface area contributed by atoms with Crippen LogP contribution in [-0.4, -0.2) is 0 Å². The van der Waals surface area contributed by atoms with Crippen molar-refractivity contribution in [2.75, 3.05) is 0 Å². The number of dihydropyridines is 1. The highest BCUT2D eigenvalue weighted by atomic mass is 16.5. The van der Waals surface area contributed by atoms with Crippen LogP contribution in [0.3, 0.4) is 0 Å². The number of ether oxygens (including phenoxy) is 1. The molecular formula is C8H7NO. The molecule has 0 saturated carbocycles. The normalized spacial score (nSPS) is 20.0. The molecule has 0 aliphatic carbocycles. The lowest BCUT2D eigenvalue weighted by Gasteiger charge is -2.11. The first kappa shape index (κ1) is 5.35. The SMILES string of the molecule is C1=CC2=COC=CC2=CN1. The molecule has 2 heteroatoms. The summed E-state index contributed by atoms with van der Waals surface area (Å²) in [6, 6.07) is 0. The molecule has 0 amide bonds. The van der Waals surface area contributed by atoms with E-state index >= 15 is 0 Å². The van der Waals surface area contributed by atoms with Crippen LogP contribution in [0.15, 0.2) is 48.2 Å². The highest BCUT2D eigenvalue weighted by molar-refractivity contribution is 5.48. The van der Waals surface area contributed by atoms with Crippen LogP contribution < -0.4 is 5.32 Å². The third-order valence-electron chi connectivity index (χ3n) is 1.45. The molecular weight excluding hydrogens is 126 g/mol. The van der Waals surface area contributed by atoms with Gasteiger partial charge in [-0.1, -0.05) is 0 Å². The Morgan fingerprint density at radius 1 is 1.20 bits per heavy atom. The summed E-state index contributed by atoms with van der Waals surface area (Å²) in [7, 11) is 0. The second-order valence-electron chi connectivity index (χ2n) is 2.11. The Morgan fingerprint density at radius 3 is 3.10 bits per heavy atom. The zero-order chi connectivity index (χ0) is 6.81. The second-order valence-corrected chi connectivity index (χ2v) is 2.11. The third kappa shape index (κ3) is 0.739. The molecule has 2 aliphatic rings. The van der Waals surface area contributed by atoms with Crippen molar-refractivity contribution >= 4 is 0 Å². The molecule has 0 saturated heterocycles. The summed E-state index contributed by atoms with van der Waals surface area (Å²) >= 11 is 0. The van der Waals surface area contributed by atoms with E-state index in [4.69, 9.17) is 4.74 Å². The van der Waals surface area contributed by atoms with Crippen LogP contribution in [0, 0.1) is 0 Å². The molecule has 0 aromatic heterocycles. The Morgan fingerprint density at radius 2 is 2.20 bits per heavy atom. The summed E-state index contributed by atoms with van der Waals surface area (Å²) in [5, 5.41) is 2.99. The molecule has 2 nitrogen and oxygen atoms in total. The number of rotatable bonds is 0. The smallest absolute Gasteiger partial charge is 0.0980 e. The Balaban J connectivity index is 2.38. The number of hydrogen-bond donors (Lipinski definition) is 1. The second kappa shape index (κ2) is 2.06. The molecule has 0 aromatic rings. The van der Waals surface area contributed by atoms with Crippen molar-refractivity contribution in [3.63, 3.8) is 0 Å². The first-order valence-electron chi connectivity index (χ1n) is 3.12. The topological polar surface area (TPSA) is 21.3 Å². The summed E-state index contributed by atoms with van der Waals surface area (Å²) in [5.41, 5.74) is 2.27. The maximum absolute atomic E-state index is 4.98. The standard InChI is InChI=1S/C8H7NO/c1-3-9-5-7-2-4-10-6-8(1)7/h1-6,9H. The lowest BCUT2D eigenvalue weighted by atomic mass is 10.1. The quantitative estimate of drug-likeness (QED) is 0.539. The zero-order valence-corrected chi connectivity index (χ0v) is 5.37. The van der Waals surface area contributed by atoms with Crippen molar-refractivity contribution in [3.8, 4) is 0 Å². The monoisotopic (exact) mass is 133 g/mol. The molecule has 1 N–H and O–H groups in total. The van der Waals surface area contributed by atoms with E-state index in [0.717, 1.165) is 11.1 Å². The summed E-state index contributed by atoms with van der Waals surface area (Å²) in [5.74, 6) is 0. The molecule has 0 aromatic carbocycles. The van der Waals surface area contributed by atoms with Crippen molar-refractivity contribution in [1.29, 1.82) is 0 Å². The van der Waals surface area contributed by atoms with Crippen LogP contribution in [0.25, 0.3) is 0 Å². The van der Waals surface area contributed by atoms with E-state index in [2.05, 4.69) is 5.32 Å². The average molecular weight is 133 g/mol. The van der Waals surface area contributed by atoms with Gasteiger partial charge >= 0.3 is 0 Å². The van der Waals surface area contributed by atoms with Gasteiger partial charge in [-0.05, 0) is 12.2 Å². The Kier molecular flexibility index (Phi) is 1.10. The van der Waals surface area contributed by atoms with Crippen molar-refractivity contribution in [3.05, 3.63) is 48.2 Å². The minimum atomic E-state index is 1.11. The van der Waals surface area contributed by atoms with Crippen molar-refractivity contribution in [1.82, 2.24) is 5.32 Å². The first-order valence-corrected chi connectivity index (χ1v) is 3.12. The summed E-state index contributed by atoms with van der Waals surface area (Å²) in [6.07, 6.45) is 11.1. The van der Waals surface area contributed by atoms with Gasteiger partial charge in [-0.15, -0.1) is 0 Å². The van der Waals surface area contributed by atoms with Gasteiger partial charge in [-0.3, -0.25) is 0 Å². The van der Waals surface area contributed by atoms with E-state index < -0.39 is 0 Å². The molecule has 0 bridgehead atoms. The van der Waals surface area contributed by atoms with E-state index in [1.165, 1.54) is 0 Å². The fourth-order valence-corrected chi connectivity index (χ4v) is 0.932. The lowest BCUT2D eigenvalue weighted by molar-refractivity contribution is 0.395. The Bertz CT molecular complexity index is 230. The van der Waals surface area contributed by atoms with E-state index in [0.29, 0.717) is 0 Å². The number of fused-ring (bicyclic) bond motifs is 1. The van der Waals surface area contributed by atoms with Gasteiger partial charge in [0.15, 0.2) is 0 Å². The fraction of sp³-hybridized carbons (Fsp3) is 0. The van der Waals surface area contributed by atoms with Crippen molar-refractivity contribution in [2.24, 2.45) is 0 Å². The average Bonchev–Trinajstić information content (AvgIpc) is 2.05. The molecule has 50 valence electrons. The summed E-state index contributed by atoms with van der Waals surface area (Å²) in [6.45, 7) is 0.